The maximum atomic E-state index is 12.8. The Morgan fingerprint density at radius 2 is 2.04 bits per heavy atom. The van der Waals surface area contributed by atoms with E-state index in [9.17, 15) is 4.79 Å². The average Bonchev–Trinajstić information content (AvgIpc) is 3.26. The molecule has 1 aromatic heterocycles. The number of amides is 1. The molecule has 0 atom stereocenters. The number of fused-ring (bicyclic) bond motifs is 1. The summed E-state index contributed by atoms with van der Waals surface area (Å²) >= 11 is 12.5. The van der Waals surface area contributed by atoms with Crippen LogP contribution in [0.3, 0.4) is 0 Å². The van der Waals surface area contributed by atoms with Crippen LogP contribution in [-0.2, 0) is 0 Å². The first-order valence-corrected chi connectivity index (χ1v) is 8.08. The zero-order chi connectivity index (χ0) is 17.4. The predicted octanol–water partition coefficient (Wildman–Crippen LogP) is 4.16. The van der Waals surface area contributed by atoms with Crippen LogP contribution in [0.5, 0.6) is 11.5 Å². The highest BCUT2D eigenvalue weighted by Crippen LogP contribution is 2.44. The topological polar surface area (TPSA) is 65.4 Å². The van der Waals surface area contributed by atoms with Crippen molar-refractivity contribution < 1.29 is 14.3 Å². The Bertz CT molecular complexity index is 958. The Labute approximate surface area is 152 Å². The van der Waals surface area contributed by atoms with Crippen LogP contribution in [-0.4, -0.2) is 22.5 Å². The van der Waals surface area contributed by atoms with Gasteiger partial charge in [0.25, 0.3) is 5.91 Å². The van der Waals surface area contributed by atoms with Crippen LogP contribution in [0.1, 0.15) is 10.4 Å². The minimum Gasteiger partial charge on any atom is -0.453 e. The van der Waals surface area contributed by atoms with Crippen molar-refractivity contribution in [3.05, 3.63) is 64.4 Å². The summed E-state index contributed by atoms with van der Waals surface area (Å²) in [4.78, 5) is 12.8. The van der Waals surface area contributed by atoms with Crippen molar-refractivity contribution in [3.8, 4) is 17.2 Å². The monoisotopic (exact) mass is 375 g/mol. The van der Waals surface area contributed by atoms with Crippen molar-refractivity contribution in [1.82, 2.24) is 9.78 Å². The van der Waals surface area contributed by atoms with Crippen LogP contribution in [0.25, 0.3) is 5.69 Å². The number of carbonyl (C=O) groups is 1. The van der Waals surface area contributed by atoms with Gasteiger partial charge in [-0.15, -0.1) is 0 Å². The molecule has 126 valence electrons. The van der Waals surface area contributed by atoms with Crippen molar-refractivity contribution in [1.29, 1.82) is 0 Å². The molecule has 3 aromatic rings. The molecule has 0 radical (unpaired) electrons. The first kappa shape index (κ1) is 15.8. The van der Waals surface area contributed by atoms with Crippen LogP contribution >= 0.6 is 23.2 Å². The van der Waals surface area contributed by atoms with Gasteiger partial charge >= 0.3 is 0 Å². The van der Waals surface area contributed by atoms with E-state index < -0.39 is 5.91 Å². The molecule has 0 aliphatic carbocycles. The number of benzene rings is 2. The fourth-order valence-electron chi connectivity index (χ4n) is 2.56. The molecule has 1 N–H and O–H groups in total. The molecule has 0 unspecified atom stereocenters. The minimum atomic E-state index is -0.451. The molecule has 25 heavy (non-hydrogen) atoms. The van der Waals surface area contributed by atoms with Gasteiger partial charge in [-0.1, -0.05) is 35.3 Å². The van der Waals surface area contributed by atoms with E-state index >= 15 is 0 Å². The number of aromatic nitrogens is 2. The van der Waals surface area contributed by atoms with E-state index in [0.29, 0.717) is 22.9 Å². The van der Waals surface area contributed by atoms with Gasteiger partial charge in [0.2, 0.25) is 6.79 Å². The van der Waals surface area contributed by atoms with Crippen molar-refractivity contribution in [3.63, 3.8) is 0 Å². The van der Waals surface area contributed by atoms with E-state index in [1.165, 1.54) is 6.07 Å². The molecule has 2 heterocycles. The lowest BCUT2D eigenvalue weighted by Gasteiger charge is -2.13. The normalized spacial score (nSPS) is 12.2. The molecule has 1 aliphatic rings. The summed E-state index contributed by atoms with van der Waals surface area (Å²) in [6.45, 7) is 0.0403. The minimum absolute atomic E-state index is 0.0403. The van der Waals surface area contributed by atoms with Gasteiger partial charge in [-0.05, 0) is 18.2 Å². The molecule has 0 fully saturated rings. The second kappa shape index (κ2) is 6.31. The summed E-state index contributed by atoms with van der Waals surface area (Å²) in [7, 11) is 0. The van der Waals surface area contributed by atoms with Gasteiger partial charge in [0, 0.05) is 18.5 Å². The molecule has 2 aromatic carbocycles. The van der Waals surface area contributed by atoms with Gasteiger partial charge < -0.3 is 14.8 Å². The van der Waals surface area contributed by atoms with Crippen molar-refractivity contribution >= 4 is 34.8 Å². The summed E-state index contributed by atoms with van der Waals surface area (Å²) in [5.41, 5.74) is 1.41. The van der Waals surface area contributed by atoms with E-state index in [1.807, 2.05) is 18.2 Å². The third-order valence-corrected chi connectivity index (χ3v) is 4.35. The van der Waals surface area contributed by atoms with Crippen molar-refractivity contribution in [2.45, 2.75) is 0 Å². The molecule has 0 bridgehead atoms. The quantitative estimate of drug-likeness (QED) is 0.746. The predicted molar refractivity (Wildman–Crippen MR) is 94.1 cm³/mol. The molecule has 4 rings (SSSR count). The zero-order valence-corrected chi connectivity index (χ0v) is 14.2. The molecule has 1 aliphatic heterocycles. The third kappa shape index (κ3) is 2.79. The van der Waals surface area contributed by atoms with Gasteiger partial charge in [0.1, 0.15) is 5.02 Å². The van der Waals surface area contributed by atoms with E-state index in [1.54, 1.807) is 29.2 Å². The van der Waals surface area contributed by atoms with Crippen LogP contribution < -0.4 is 14.8 Å². The molecule has 0 saturated carbocycles. The highest BCUT2D eigenvalue weighted by molar-refractivity contribution is 6.41. The van der Waals surface area contributed by atoms with E-state index in [-0.39, 0.29) is 22.4 Å². The van der Waals surface area contributed by atoms with Crippen LogP contribution in [0.15, 0.2) is 48.8 Å². The molecular formula is C17H11Cl2N3O3. The number of halogens is 2. The van der Waals surface area contributed by atoms with E-state index in [0.717, 1.165) is 0 Å². The number of nitrogens with zero attached hydrogens (tertiary/aromatic N) is 2. The number of carbonyl (C=O) groups excluding carboxylic acids is 1. The molecule has 0 spiro atoms. The molecular weight excluding hydrogens is 365 g/mol. The van der Waals surface area contributed by atoms with Gasteiger partial charge in [0.05, 0.1) is 22.0 Å². The number of para-hydroxylation sites is 2. The van der Waals surface area contributed by atoms with E-state index in [2.05, 4.69) is 10.4 Å². The van der Waals surface area contributed by atoms with Gasteiger partial charge in [-0.2, -0.15) is 5.10 Å². The van der Waals surface area contributed by atoms with Crippen LogP contribution in [0.2, 0.25) is 10.0 Å². The van der Waals surface area contributed by atoms with Crippen molar-refractivity contribution in [2.24, 2.45) is 0 Å². The number of nitrogens with one attached hydrogen (secondary N) is 1. The maximum absolute atomic E-state index is 12.8. The summed E-state index contributed by atoms with van der Waals surface area (Å²) in [5, 5.41) is 7.31. The Morgan fingerprint density at radius 1 is 1.20 bits per heavy atom. The molecule has 8 heteroatoms. The maximum Gasteiger partial charge on any atom is 0.258 e. The Kier molecular flexibility index (Phi) is 3.99. The number of ether oxygens (including phenoxy) is 2. The molecule has 1 amide bonds. The smallest absolute Gasteiger partial charge is 0.258 e. The second-order valence-corrected chi connectivity index (χ2v) is 5.99. The number of anilines is 1. The first-order valence-electron chi connectivity index (χ1n) is 7.33. The van der Waals surface area contributed by atoms with Crippen LogP contribution in [0.4, 0.5) is 5.69 Å². The number of hydrogen-bond donors (Lipinski definition) is 1. The molecule has 6 nitrogen and oxygen atoms in total. The molecule has 0 saturated heterocycles. The Hall–Kier alpha value is -2.70. The fourth-order valence-corrected chi connectivity index (χ4v) is 3.22. The lowest BCUT2D eigenvalue weighted by Crippen LogP contribution is -2.15. The first-order chi connectivity index (χ1) is 12.1. The van der Waals surface area contributed by atoms with Gasteiger partial charge in [-0.25, -0.2) is 4.68 Å². The van der Waals surface area contributed by atoms with Crippen LogP contribution in [0, 0.1) is 0 Å². The summed E-state index contributed by atoms with van der Waals surface area (Å²) in [6.07, 6.45) is 3.44. The third-order valence-electron chi connectivity index (χ3n) is 3.69. The highest BCUT2D eigenvalue weighted by atomic mass is 35.5. The summed E-state index contributed by atoms with van der Waals surface area (Å²) in [5.74, 6) is 0.285. The largest absolute Gasteiger partial charge is 0.453 e. The lowest BCUT2D eigenvalue weighted by molar-refractivity contribution is 0.102. The summed E-state index contributed by atoms with van der Waals surface area (Å²) < 4.78 is 12.2. The van der Waals surface area contributed by atoms with Gasteiger partial charge in [0.15, 0.2) is 11.5 Å². The number of hydrogen-bond acceptors (Lipinski definition) is 4. The fraction of sp³-hybridized carbons (Fsp3) is 0.0588. The Morgan fingerprint density at radius 3 is 2.84 bits per heavy atom. The standard InChI is InChI=1S/C17H11Cl2N3O3/c18-10-8-13-16(25-9-24-13)15(19)14(10)17(23)21-11-4-1-2-5-12(11)22-7-3-6-20-22/h1-8H,9H2,(H,21,23). The zero-order valence-electron chi connectivity index (χ0n) is 12.7. The Balaban J connectivity index is 1.71. The lowest BCUT2D eigenvalue weighted by atomic mass is 10.1. The SMILES string of the molecule is O=C(Nc1ccccc1-n1cccn1)c1c(Cl)cc2c(c1Cl)OCO2. The summed E-state index contributed by atoms with van der Waals surface area (Å²) in [6, 6.07) is 10.6. The van der Waals surface area contributed by atoms with Crippen molar-refractivity contribution in [2.75, 3.05) is 12.1 Å². The highest BCUT2D eigenvalue weighted by Gasteiger charge is 2.26. The number of rotatable bonds is 3. The second-order valence-electron chi connectivity index (χ2n) is 5.20. The average molecular weight is 376 g/mol. The van der Waals surface area contributed by atoms with E-state index in [4.69, 9.17) is 32.7 Å². The van der Waals surface area contributed by atoms with Gasteiger partial charge in [-0.3, -0.25) is 4.79 Å².